The maximum Gasteiger partial charge on any atom is 0.255 e. The fraction of sp³-hybridized carbons (Fsp3) is 0.391. The van der Waals surface area contributed by atoms with Gasteiger partial charge in [-0.25, -0.2) is 0 Å². The fourth-order valence-electron chi connectivity index (χ4n) is 4.36. The van der Waals surface area contributed by atoms with Gasteiger partial charge in [-0.1, -0.05) is 24.3 Å². The number of amides is 1. The van der Waals surface area contributed by atoms with Crippen molar-refractivity contribution in [2.45, 2.75) is 32.2 Å². The average Bonchev–Trinajstić information content (AvgIpc) is 3.20. The lowest BCUT2D eigenvalue weighted by atomic mass is 10.00. The van der Waals surface area contributed by atoms with Gasteiger partial charge in [0.15, 0.2) is 0 Å². The van der Waals surface area contributed by atoms with Crippen molar-refractivity contribution in [1.29, 1.82) is 0 Å². The third kappa shape index (κ3) is 3.26. The van der Waals surface area contributed by atoms with Crippen molar-refractivity contribution >= 4 is 17.7 Å². The SMILES string of the molecule is Cc1cccc(N2CCC(N(C)C(=O)c3cn(C)c(=O)c4c3C=CC4)CC2)c1. The zero-order chi connectivity index (χ0) is 19.8. The van der Waals surface area contributed by atoms with E-state index in [0.29, 0.717) is 12.0 Å². The van der Waals surface area contributed by atoms with E-state index in [9.17, 15) is 9.59 Å². The first-order valence-electron chi connectivity index (χ1n) is 9.93. The molecule has 5 nitrogen and oxygen atoms in total. The van der Waals surface area contributed by atoms with Crippen LogP contribution in [0.1, 0.15) is 39.9 Å². The molecule has 0 atom stereocenters. The standard InChI is InChI=1S/C23H27N3O2/c1-16-6-4-7-18(14-16)26-12-10-17(11-13-26)25(3)23(28)21-15-24(2)22(27)20-9-5-8-19(20)21/h4-8,14-15,17H,9-13H2,1-3H3. The summed E-state index contributed by atoms with van der Waals surface area (Å²) in [6, 6.07) is 8.80. The van der Waals surface area contributed by atoms with Crippen LogP contribution in [0.15, 0.2) is 41.3 Å². The van der Waals surface area contributed by atoms with Gasteiger partial charge in [-0.3, -0.25) is 9.59 Å². The van der Waals surface area contributed by atoms with Crippen LogP contribution < -0.4 is 10.5 Å². The second kappa shape index (κ2) is 7.30. The summed E-state index contributed by atoms with van der Waals surface area (Å²) in [6.07, 6.45) is 8.07. The largest absolute Gasteiger partial charge is 0.371 e. The van der Waals surface area contributed by atoms with Gasteiger partial charge in [-0.05, 0) is 49.4 Å². The molecule has 1 aliphatic heterocycles. The number of aromatic nitrogens is 1. The van der Waals surface area contributed by atoms with Gasteiger partial charge in [-0.15, -0.1) is 0 Å². The van der Waals surface area contributed by atoms with Gasteiger partial charge in [0.25, 0.3) is 11.5 Å². The minimum absolute atomic E-state index is 0.00686. The third-order valence-electron chi connectivity index (χ3n) is 6.05. The molecule has 2 aromatic rings. The number of carbonyl (C=O) groups is 1. The zero-order valence-electron chi connectivity index (χ0n) is 16.8. The molecule has 0 saturated carbocycles. The Morgan fingerprint density at radius 2 is 1.96 bits per heavy atom. The van der Waals surface area contributed by atoms with E-state index in [-0.39, 0.29) is 17.5 Å². The van der Waals surface area contributed by atoms with E-state index in [2.05, 4.69) is 36.1 Å². The minimum Gasteiger partial charge on any atom is -0.371 e. The number of nitrogens with zero attached hydrogens (tertiary/aromatic N) is 3. The van der Waals surface area contributed by atoms with Crippen LogP contribution in [-0.2, 0) is 13.5 Å². The van der Waals surface area contributed by atoms with Crippen molar-refractivity contribution < 1.29 is 4.79 Å². The number of aryl methyl sites for hydroxylation is 2. The Labute approximate surface area is 165 Å². The van der Waals surface area contributed by atoms with Gasteiger partial charge in [-0.2, -0.15) is 0 Å². The summed E-state index contributed by atoms with van der Waals surface area (Å²) in [6.45, 7) is 4.00. The Hall–Kier alpha value is -2.82. The summed E-state index contributed by atoms with van der Waals surface area (Å²) >= 11 is 0. The quantitative estimate of drug-likeness (QED) is 0.826. The van der Waals surface area contributed by atoms with Crippen LogP contribution in [0.5, 0.6) is 0 Å². The molecule has 0 bridgehead atoms. The normalized spacial score (nSPS) is 16.3. The van der Waals surface area contributed by atoms with Crippen molar-refractivity contribution in [3.05, 3.63) is 69.1 Å². The number of hydrogen-bond donors (Lipinski definition) is 0. The molecule has 1 saturated heterocycles. The number of hydrogen-bond acceptors (Lipinski definition) is 3. The molecule has 0 spiro atoms. The lowest BCUT2D eigenvalue weighted by Gasteiger charge is -2.38. The van der Waals surface area contributed by atoms with Gasteiger partial charge >= 0.3 is 0 Å². The van der Waals surface area contributed by atoms with Crippen LogP contribution >= 0.6 is 0 Å². The second-order valence-electron chi connectivity index (χ2n) is 7.93. The van der Waals surface area contributed by atoms with E-state index in [0.717, 1.165) is 37.1 Å². The molecule has 2 heterocycles. The van der Waals surface area contributed by atoms with E-state index in [1.807, 2.05) is 24.1 Å². The Bertz CT molecular complexity index is 997. The predicted octanol–water partition coefficient (Wildman–Crippen LogP) is 3.00. The monoisotopic (exact) mass is 377 g/mol. The summed E-state index contributed by atoms with van der Waals surface area (Å²) < 4.78 is 1.53. The highest BCUT2D eigenvalue weighted by Gasteiger charge is 2.29. The second-order valence-corrected chi connectivity index (χ2v) is 7.93. The van der Waals surface area contributed by atoms with Crippen molar-refractivity contribution in [3.63, 3.8) is 0 Å². The first-order chi connectivity index (χ1) is 13.5. The van der Waals surface area contributed by atoms with Crippen LogP contribution in [0.25, 0.3) is 6.08 Å². The molecular weight excluding hydrogens is 350 g/mol. The van der Waals surface area contributed by atoms with E-state index in [4.69, 9.17) is 0 Å². The van der Waals surface area contributed by atoms with Crippen molar-refractivity contribution in [1.82, 2.24) is 9.47 Å². The summed E-state index contributed by atoms with van der Waals surface area (Å²) in [5, 5.41) is 0. The lowest BCUT2D eigenvalue weighted by Crippen LogP contribution is -2.46. The number of benzene rings is 1. The maximum atomic E-state index is 13.2. The van der Waals surface area contributed by atoms with Crippen LogP contribution in [0.2, 0.25) is 0 Å². The summed E-state index contributed by atoms with van der Waals surface area (Å²) in [5.74, 6) is 0.00686. The topological polar surface area (TPSA) is 45.5 Å². The molecule has 1 aliphatic carbocycles. The number of pyridine rings is 1. The third-order valence-corrected chi connectivity index (χ3v) is 6.05. The molecule has 1 aromatic heterocycles. The zero-order valence-corrected chi connectivity index (χ0v) is 16.8. The Morgan fingerprint density at radius 3 is 2.68 bits per heavy atom. The Balaban J connectivity index is 1.49. The highest BCUT2D eigenvalue weighted by atomic mass is 16.2. The molecule has 146 valence electrons. The molecule has 2 aliphatic rings. The average molecular weight is 377 g/mol. The number of piperidine rings is 1. The van der Waals surface area contributed by atoms with Crippen molar-refractivity contribution in [2.75, 3.05) is 25.0 Å². The van der Waals surface area contributed by atoms with E-state index < -0.39 is 0 Å². The van der Waals surface area contributed by atoms with Crippen LogP contribution in [0.3, 0.4) is 0 Å². The molecule has 0 radical (unpaired) electrons. The molecule has 0 unspecified atom stereocenters. The smallest absolute Gasteiger partial charge is 0.255 e. The summed E-state index contributed by atoms with van der Waals surface area (Å²) in [7, 11) is 3.61. The molecule has 1 fully saturated rings. The van der Waals surface area contributed by atoms with Gasteiger partial charge in [0, 0.05) is 50.7 Å². The minimum atomic E-state index is -0.00864. The number of anilines is 1. The van der Waals surface area contributed by atoms with Gasteiger partial charge in [0.05, 0.1) is 5.56 Å². The van der Waals surface area contributed by atoms with Gasteiger partial charge in [0.2, 0.25) is 0 Å². The predicted molar refractivity (Wildman–Crippen MR) is 113 cm³/mol. The van der Waals surface area contributed by atoms with Crippen LogP contribution in [0, 0.1) is 6.92 Å². The van der Waals surface area contributed by atoms with E-state index >= 15 is 0 Å². The Morgan fingerprint density at radius 1 is 1.21 bits per heavy atom. The van der Waals surface area contributed by atoms with Crippen molar-refractivity contribution in [3.8, 4) is 0 Å². The first kappa shape index (κ1) is 18.5. The first-order valence-corrected chi connectivity index (χ1v) is 9.93. The van der Waals surface area contributed by atoms with Crippen LogP contribution in [-0.4, -0.2) is 41.6 Å². The van der Waals surface area contributed by atoms with Gasteiger partial charge < -0.3 is 14.4 Å². The highest BCUT2D eigenvalue weighted by molar-refractivity contribution is 5.98. The molecule has 1 amide bonds. The summed E-state index contributed by atoms with van der Waals surface area (Å²) in [4.78, 5) is 29.8. The van der Waals surface area contributed by atoms with Crippen LogP contribution in [0.4, 0.5) is 5.69 Å². The number of carbonyl (C=O) groups excluding carboxylic acids is 1. The number of allylic oxidation sites excluding steroid dienone is 1. The van der Waals surface area contributed by atoms with E-state index in [1.165, 1.54) is 15.8 Å². The highest BCUT2D eigenvalue weighted by Crippen LogP contribution is 2.26. The molecule has 1 aromatic carbocycles. The Kier molecular flexibility index (Phi) is 4.84. The fourth-order valence-corrected chi connectivity index (χ4v) is 4.36. The van der Waals surface area contributed by atoms with Crippen molar-refractivity contribution in [2.24, 2.45) is 7.05 Å². The molecule has 5 heteroatoms. The molecule has 28 heavy (non-hydrogen) atoms. The molecular formula is C23H27N3O2. The number of fused-ring (bicyclic) bond motifs is 1. The number of rotatable bonds is 3. The van der Waals surface area contributed by atoms with E-state index in [1.54, 1.807) is 13.2 Å². The lowest BCUT2D eigenvalue weighted by molar-refractivity contribution is 0.0708. The molecule has 0 N–H and O–H groups in total. The summed E-state index contributed by atoms with van der Waals surface area (Å²) in [5.41, 5.74) is 4.69. The molecule has 4 rings (SSSR count). The maximum absolute atomic E-state index is 13.2. The van der Waals surface area contributed by atoms with Gasteiger partial charge in [0.1, 0.15) is 0 Å².